The SMILES string of the molecule is CCOC(=O)C1=C(C)N=c2s/c(=C\c3ccc(O)cc3)c(=O)n2[C@@H]1c1ccc(OC)c(OC)c1. The van der Waals surface area contributed by atoms with E-state index in [1.807, 2.05) is 0 Å². The predicted molar refractivity (Wildman–Crippen MR) is 128 cm³/mol. The summed E-state index contributed by atoms with van der Waals surface area (Å²) < 4.78 is 18.1. The van der Waals surface area contributed by atoms with E-state index >= 15 is 0 Å². The first-order chi connectivity index (χ1) is 16.4. The van der Waals surface area contributed by atoms with Crippen LogP contribution in [-0.2, 0) is 9.53 Å². The number of aromatic nitrogens is 1. The maximum Gasteiger partial charge on any atom is 0.338 e. The standard InChI is InChI=1S/C25H24N2O6S/c1-5-33-24(30)21-14(2)26-25-27(22(21)16-8-11-18(31-3)19(13-16)32-4)23(29)20(34-25)12-15-6-9-17(28)10-7-15/h6-13,22,28H,5H2,1-4H3/b20-12-/t22-/m1/s1. The molecule has 1 aromatic heterocycles. The molecule has 0 spiro atoms. The van der Waals surface area contributed by atoms with Crippen LogP contribution in [0.2, 0.25) is 0 Å². The molecular weight excluding hydrogens is 456 g/mol. The number of phenolic OH excluding ortho intramolecular Hbond substituents is 1. The molecule has 1 aliphatic rings. The van der Waals surface area contributed by atoms with Crippen LogP contribution in [0.15, 0.2) is 63.5 Å². The first-order valence-electron chi connectivity index (χ1n) is 10.6. The largest absolute Gasteiger partial charge is 0.508 e. The molecule has 2 aromatic carbocycles. The fraction of sp³-hybridized carbons (Fsp3) is 0.240. The van der Waals surface area contributed by atoms with E-state index in [1.165, 1.54) is 30.1 Å². The van der Waals surface area contributed by atoms with Gasteiger partial charge in [0.05, 0.1) is 42.7 Å². The average molecular weight is 481 g/mol. The minimum absolute atomic E-state index is 0.141. The molecule has 1 atom stereocenters. The second-order valence-electron chi connectivity index (χ2n) is 7.51. The lowest BCUT2D eigenvalue weighted by Gasteiger charge is -2.25. The number of fused-ring (bicyclic) bond motifs is 1. The van der Waals surface area contributed by atoms with Crippen LogP contribution in [0.4, 0.5) is 0 Å². The Morgan fingerprint density at radius 2 is 1.85 bits per heavy atom. The summed E-state index contributed by atoms with van der Waals surface area (Å²) in [5.41, 5.74) is 1.90. The summed E-state index contributed by atoms with van der Waals surface area (Å²) in [7, 11) is 3.07. The molecular formula is C25H24N2O6S. The van der Waals surface area contributed by atoms with Gasteiger partial charge in [-0.25, -0.2) is 9.79 Å². The number of carbonyl (C=O) groups is 1. The van der Waals surface area contributed by atoms with Crippen LogP contribution in [0.5, 0.6) is 17.2 Å². The fourth-order valence-electron chi connectivity index (χ4n) is 3.85. The summed E-state index contributed by atoms with van der Waals surface area (Å²) >= 11 is 1.23. The van der Waals surface area contributed by atoms with Crippen LogP contribution >= 0.6 is 11.3 Å². The summed E-state index contributed by atoms with van der Waals surface area (Å²) in [4.78, 5) is 31.6. The number of phenols is 1. The van der Waals surface area contributed by atoms with Gasteiger partial charge in [-0.1, -0.05) is 29.5 Å². The second-order valence-corrected chi connectivity index (χ2v) is 8.52. The van der Waals surface area contributed by atoms with Crippen LogP contribution < -0.4 is 24.4 Å². The number of hydrogen-bond donors (Lipinski definition) is 1. The van der Waals surface area contributed by atoms with Crippen molar-refractivity contribution in [2.75, 3.05) is 20.8 Å². The molecule has 0 amide bonds. The molecule has 0 radical (unpaired) electrons. The van der Waals surface area contributed by atoms with Gasteiger partial charge in [-0.05, 0) is 55.3 Å². The van der Waals surface area contributed by atoms with Crippen LogP contribution in [-0.4, -0.2) is 36.5 Å². The smallest absolute Gasteiger partial charge is 0.338 e. The number of aromatic hydroxyl groups is 1. The normalized spacial score (nSPS) is 15.5. The highest BCUT2D eigenvalue weighted by molar-refractivity contribution is 7.07. The fourth-order valence-corrected chi connectivity index (χ4v) is 4.90. The Hall–Kier alpha value is -3.85. The molecule has 176 valence electrons. The third-order valence-electron chi connectivity index (χ3n) is 5.43. The molecule has 0 saturated heterocycles. The van der Waals surface area contributed by atoms with Crippen molar-refractivity contribution >= 4 is 23.4 Å². The molecule has 9 heteroatoms. The average Bonchev–Trinajstić information content (AvgIpc) is 3.13. The molecule has 0 bridgehead atoms. The van der Waals surface area contributed by atoms with Crippen molar-refractivity contribution in [3.8, 4) is 17.2 Å². The monoisotopic (exact) mass is 480 g/mol. The summed E-state index contributed by atoms with van der Waals surface area (Å²) in [6.07, 6.45) is 1.73. The number of rotatable bonds is 6. The van der Waals surface area contributed by atoms with Gasteiger partial charge in [0, 0.05) is 0 Å². The molecule has 2 heterocycles. The van der Waals surface area contributed by atoms with E-state index in [9.17, 15) is 14.7 Å². The Morgan fingerprint density at radius 3 is 2.50 bits per heavy atom. The van der Waals surface area contributed by atoms with E-state index < -0.39 is 12.0 Å². The summed E-state index contributed by atoms with van der Waals surface area (Å²) in [6.45, 7) is 3.66. The van der Waals surface area contributed by atoms with Gasteiger partial charge in [0.1, 0.15) is 5.75 Å². The number of allylic oxidation sites excluding steroid dienone is 1. The van der Waals surface area contributed by atoms with E-state index in [4.69, 9.17) is 14.2 Å². The second kappa shape index (κ2) is 9.56. The van der Waals surface area contributed by atoms with Gasteiger partial charge in [-0.15, -0.1) is 0 Å². The molecule has 0 unspecified atom stereocenters. The number of nitrogens with zero attached hydrogens (tertiary/aromatic N) is 2. The summed E-state index contributed by atoms with van der Waals surface area (Å²) in [5, 5.41) is 9.54. The van der Waals surface area contributed by atoms with Gasteiger partial charge >= 0.3 is 5.97 Å². The maximum absolute atomic E-state index is 13.6. The maximum atomic E-state index is 13.6. The third kappa shape index (κ3) is 4.22. The molecule has 0 fully saturated rings. The van der Waals surface area contributed by atoms with Crippen molar-refractivity contribution < 1.29 is 24.1 Å². The topological polar surface area (TPSA) is 99.4 Å². The van der Waals surface area contributed by atoms with Crippen LogP contribution in [0.1, 0.15) is 31.0 Å². The minimum Gasteiger partial charge on any atom is -0.508 e. The lowest BCUT2D eigenvalue weighted by Crippen LogP contribution is -2.39. The minimum atomic E-state index is -0.753. The van der Waals surface area contributed by atoms with E-state index in [1.54, 1.807) is 62.4 Å². The zero-order valence-corrected chi connectivity index (χ0v) is 20.0. The Balaban J connectivity index is 1.96. The van der Waals surface area contributed by atoms with Crippen molar-refractivity contribution in [2.45, 2.75) is 19.9 Å². The number of ether oxygens (including phenoxy) is 3. The van der Waals surface area contributed by atoms with Gasteiger partial charge in [0.2, 0.25) is 0 Å². The van der Waals surface area contributed by atoms with Crippen molar-refractivity contribution in [2.24, 2.45) is 4.99 Å². The highest BCUT2D eigenvalue weighted by atomic mass is 32.1. The van der Waals surface area contributed by atoms with Crippen molar-refractivity contribution in [1.29, 1.82) is 0 Å². The zero-order chi connectivity index (χ0) is 24.4. The number of methoxy groups -OCH3 is 2. The van der Waals surface area contributed by atoms with Gasteiger partial charge in [0.15, 0.2) is 16.3 Å². The van der Waals surface area contributed by atoms with Crippen molar-refractivity contribution in [3.63, 3.8) is 0 Å². The lowest BCUT2D eigenvalue weighted by atomic mass is 9.95. The molecule has 8 nitrogen and oxygen atoms in total. The van der Waals surface area contributed by atoms with Gasteiger partial charge in [-0.3, -0.25) is 9.36 Å². The van der Waals surface area contributed by atoms with Gasteiger partial charge in [0.25, 0.3) is 5.56 Å². The number of thiazole rings is 1. The predicted octanol–water partition coefficient (Wildman–Crippen LogP) is 2.52. The first kappa shape index (κ1) is 23.3. The van der Waals surface area contributed by atoms with Gasteiger partial charge < -0.3 is 19.3 Å². The molecule has 0 saturated carbocycles. The van der Waals surface area contributed by atoms with E-state index in [2.05, 4.69) is 4.99 Å². The molecule has 34 heavy (non-hydrogen) atoms. The number of benzene rings is 2. The first-order valence-corrected chi connectivity index (χ1v) is 11.4. The highest BCUT2D eigenvalue weighted by Gasteiger charge is 2.33. The van der Waals surface area contributed by atoms with Crippen molar-refractivity contribution in [3.05, 3.63) is 84.5 Å². The summed E-state index contributed by atoms with van der Waals surface area (Å²) in [5.74, 6) is 0.617. The molecule has 0 aliphatic carbocycles. The Kier molecular flexibility index (Phi) is 6.56. The number of carbonyl (C=O) groups excluding carboxylic acids is 1. The Labute approximate surface area is 199 Å². The van der Waals surface area contributed by atoms with Gasteiger partial charge in [-0.2, -0.15) is 0 Å². The van der Waals surface area contributed by atoms with Crippen LogP contribution in [0.25, 0.3) is 6.08 Å². The van der Waals surface area contributed by atoms with Crippen molar-refractivity contribution in [1.82, 2.24) is 4.57 Å². The molecule has 1 aliphatic heterocycles. The molecule has 1 N–H and O–H groups in total. The zero-order valence-electron chi connectivity index (χ0n) is 19.2. The third-order valence-corrected chi connectivity index (χ3v) is 6.41. The lowest BCUT2D eigenvalue weighted by molar-refractivity contribution is -0.139. The Bertz CT molecular complexity index is 1450. The highest BCUT2D eigenvalue weighted by Crippen LogP contribution is 2.36. The van der Waals surface area contributed by atoms with Crippen LogP contribution in [0, 0.1) is 0 Å². The number of hydrogen-bond acceptors (Lipinski definition) is 8. The quantitative estimate of drug-likeness (QED) is 0.545. The van der Waals surface area contributed by atoms with Crippen LogP contribution in [0.3, 0.4) is 0 Å². The molecule has 3 aromatic rings. The Morgan fingerprint density at radius 1 is 1.15 bits per heavy atom. The van der Waals surface area contributed by atoms with E-state index in [-0.39, 0.29) is 23.5 Å². The van der Waals surface area contributed by atoms with E-state index in [0.29, 0.717) is 32.1 Å². The molecule has 4 rings (SSSR count). The summed E-state index contributed by atoms with van der Waals surface area (Å²) in [6, 6.07) is 11.1. The number of esters is 1. The van der Waals surface area contributed by atoms with E-state index in [0.717, 1.165) is 5.56 Å².